The van der Waals surface area contributed by atoms with Crippen molar-refractivity contribution in [2.45, 2.75) is 24.8 Å². The molecule has 5 nitrogen and oxygen atoms in total. The van der Waals surface area contributed by atoms with E-state index in [9.17, 15) is 40.3 Å². The molecule has 1 aromatic heterocycles. The van der Waals surface area contributed by atoms with Crippen molar-refractivity contribution >= 4 is 28.8 Å². The number of aromatic nitrogens is 1. The van der Waals surface area contributed by atoms with Crippen LogP contribution in [0.3, 0.4) is 0 Å². The Morgan fingerprint density at radius 2 is 1.53 bits per heavy atom. The summed E-state index contributed by atoms with van der Waals surface area (Å²) in [7, 11) is 0. The second-order valence-electron chi connectivity index (χ2n) is 10.1. The lowest BCUT2D eigenvalue weighted by atomic mass is 9.98. The fourth-order valence-corrected chi connectivity index (χ4v) is 5.17. The van der Waals surface area contributed by atoms with E-state index in [1.165, 1.54) is 40.2 Å². The zero-order valence-electron chi connectivity index (χ0n) is 22.3. The van der Waals surface area contributed by atoms with Gasteiger partial charge in [-0.25, -0.2) is 4.39 Å². The number of carbonyl (C=O) groups excluding carboxylic acids is 2. The average molecular weight is 604 g/mol. The van der Waals surface area contributed by atoms with Crippen LogP contribution in [-0.2, 0) is 23.6 Å². The number of aromatic amines is 1. The summed E-state index contributed by atoms with van der Waals surface area (Å²) in [6.45, 7) is -0.249. The molecule has 1 aliphatic heterocycles. The van der Waals surface area contributed by atoms with Crippen LogP contribution in [0.1, 0.15) is 32.6 Å². The van der Waals surface area contributed by atoms with E-state index in [0.717, 1.165) is 16.5 Å². The molecular formula is C31H24F7N3O2. The SMILES string of the molecule is O=C(C=Cc1ccccc1F)N1CCN(C(=O)c2cc(C(F)(F)F)cc(C(F)(F)F)c2)C(Cc2c[nH]c3ccccc23)C1. The van der Waals surface area contributed by atoms with Crippen molar-refractivity contribution in [3.63, 3.8) is 0 Å². The van der Waals surface area contributed by atoms with Crippen molar-refractivity contribution in [3.05, 3.63) is 113 Å². The van der Waals surface area contributed by atoms with Gasteiger partial charge in [0.25, 0.3) is 5.91 Å². The van der Waals surface area contributed by atoms with Gasteiger partial charge in [-0.15, -0.1) is 0 Å². The second-order valence-corrected chi connectivity index (χ2v) is 10.1. The van der Waals surface area contributed by atoms with Crippen LogP contribution in [0.5, 0.6) is 0 Å². The summed E-state index contributed by atoms with van der Waals surface area (Å²) < 4.78 is 95.1. The zero-order chi connectivity index (χ0) is 30.9. The smallest absolute Gasteiger partial charge is 0.361 e. The predicted octanol–water partition coefficient (Wildman–Crippen LogP) is 6.95. The molecule has 0 saturated carbocycles. The van der Waals surface area contributed by atoms with Crippen LogP contribution in [0.15, 0.2) is 79.0 Å². The van der Waals surface area contributed by atoms with E-state index in [4.69, 9.17) is 0 Å². The Morgan fingerprint density at radius 1 is 0.884 bits per heavy atom. The summed E-state index contributed by atoms with van der Waals surface area (Å²) >= 11 is 0. The van der Waals surface area contributed by atoms with Gasteiger partial charge in [0.05, 0.1) is 17.2 Å². The molecule has 1 atom stereocenters. The van der Waals surface area contributed by atoms with Crippen LogP contribution in [0.2, 0.25) is 0 Å². The second kappa shape index (κ2) is 11.6. The molecule has 1 aliphatic rings. The molecule has 2 amide bonds. The lowest BCUT2D eigenvalue weighted by Gasteiger charge is -2.41. The molecule has 2 heterocycles. The molecule has 1 saturated heterocycles. The largest absolute Gasteiger partial charge is 0.416 e. The molecule has 0 aliphatic carbocycles. The summed E-state index contributed by atoms with van der Waals surface area (Å²) in [5, 5.41) is 0.816. The maximum absolute atomic E-state index is 14.0. The molecule has 5 rings (SSSR count). The molecule has 1 N–H and O–H groups in total. The van der Waals surface area contributed by atoms with Crippen LogP contribution in [0.4, 0.5) is 30.7 Å². The molecule has 3 aromatic carbocycles. The van der Waals surface area contributed by atoms with Gasteiger partial charge in [-0.05, 0) is 48.4 Å². The minimum atomic E-state index is -5.12. The Balaban J connectivity index is 1.47. The van der Waals surface area contributed by atoms with Crippen molar-refractivity contribution in [2.75, 3.05) is 19.6 Å². The Morgan fingerprint density at radius 3 is 2.21 bits per heavy atom. The van der Waals surface area contributed by atoms with Gasteiger partial charge in [0, 0.05) is 53.9 Å². The number of fused-ring (bicyclic) bond motifs is 1. The summed E-state index contributed by atoms with van der Waals surface area (Å²) in [5.74, 6) is -2.04. The summed E-state index contributed by atoms with van der Waals surface area (Å²) in [6, 6.07) is 13.1. The maximum atomic E-state index is 14.0. The van der Waals surface area contributed by atoms with E-state index in [1.807, 2.05) is 18.2 Å². The first kappa shape index (κ1) is 29.9. The van der Waals surface area contributed by atoms with E-state index in [-0.39, 0.29) is 37.7 Å². The molecule has 0 spiro atoms. The Kier molecular flexibility index (Phi) is 8.04. The average Bonchev–Trinajstić information content (AvgIpc) is 3.37. The van der Waals surface area contributed by atoms with Gasteiger partial charge in [0.15, 0.2) is 0 Å². The number of H-pyrrole nitrogens is 1. The van der Waals surface area contributed by atoms with Crippen LogP contribution in [-0.4, -0.2) is 52.3 Å². The standard InChI is InChI=1S/C31H24F7N3O2/c32-26-7-3-1-5-19(26)9-10-28(42)40-11-12-41(24(18-40)15-21-17-39-27-8-4-2-6-25(21)27)29(43)20-13-22(30(33,34)35)16-23(14-20)31(36,37)38/h1-10,13-14,16-17,24,39H,11-12,15,18H2. The molecule has 224 valence electrons. The number of nitrogens with zero attached hydrogens (tertiary/aromatic N) is 2. The van der Waals surface area contributed by atoms with Crippen molar-refractivity contribution in [3.8, 4) is 0 Å². The highest BCUT2D eigenvalue weighted by atomic mass is 19.4. The van der Waals surface area contributed by atoms with Gasteiger partial charge in [0.1, 0.15) is 5.82 Å². The third-order valence-electron chi connectivity index (χ3n) is 7.33. The fourth-order valence-electron chi connectivity index (χ4n) is 5.17. The first-order chi connectivity index (χ1) is 20.3. The topological polar surface area (TPSA) is 56.4 Å². The number of piperazine rings is 1. The van der Waals surface area contributed by atoms with E-state index in [2.05, 4.69) is 4.98 Å². The predicted molar refractivity (Wildman–Crippen MR) is 145 cm³/mol. The van der Waals surface area contributed by atoms with Crippen molar-refractivity contribution in [2.24, 2.45) is 0 Å². The zero-order valence-corrected chi connectivity index (χ0v) is 22.3. The van der Waals surface area contributed by atoms with Gasteiger partial charge >= 0.3 is 12.4 Å². The van der Waals surface area contributed by atoms with Crippen LogP contribution >= 0.6 is 0 Å². The number of nitrogens with one attached hydrogen (secondary N) is 1. The van der Waals surface area contributed by atoms with Crippen molar-refractivity contribution < 1.29 is 40.3 Å². The van der Waals surface area contributed by atoms with E-state index < -0.39 is 52.7 Å². The summed E-state index contributed by atoms with van der Waals surface area (Å²) in [5.41, 5.74) is -2.22. The molecule has 4 aromatic rings. The molecule has 0 bridgehead atoms. The molecule has 1 fully saturated rings. The van der Waals surface area contributed by atoms with Gasteiger partial charge in [-0.2, -0.15) is 26.3 Å². The van der Waals surface area contributed by atoms with Crippen molar-refractivity contribution in [1.29, 1.82) is 0 Å². The first-order valence-electron chi connectivity index (χ1n) is 13.2. The van der Waals surface area contributed by atoms with Crippen LogP contribution in [0, 0.1) is 5.82 Å². The number of alkyl halides is 6. The molecular weight excluding hydrogens is 579 g/mol. The van der Waals surface area contributed by atoms with Crippen molar-refractivity contribution in [1.82, 2.24) is 14.8 Å². The number of carbonyl (C=O) groups is 2. The third-order valence-corrected chi connectivity index (χ3v) is 7.33. The Hall–Kier alpha value is -4.61. The number of para-hydroxylation sites is 1. The van der Waals surface area contributed by atoms with Gasteiger partial charge in [0.2, 0.25) is 5.91 Å². The normalized spacial score (nSPS) is 16.3. The Labute approximate surface area is 241 Å². The van der Waals surface area contributed by atoms with Crippen LogP contribution < -0.4 is 0 Å². The number of rotatable bonds is 5. The molecule has 0 radical (unpaired) electrons. The molecule has 12 heteroatoms. The number of hydrogen-bond donors (Lipinski definition) is 1. The van der Waals surface area contributed by atoms with E-state index in [0.29, 0.717) is 12.1 Å². The minimum Gasteiger partial charge on any atom is -0.361 e. The van der Waals surface area contributed by atoms with E-state index in [1.54, 1.807) is 18.3 Å². The molecule has 1 unspecified atom stereocenters. The number of hydrogen-bond acceptors (Lipinski definition) is 2. The number of benzene rings is 3. The highest BCUT2D eigenvalue weighted by Gasteiger charge is 2.39. The van der Waals surface area contributed by atoms with Gasteiger partial charge in [-0.1, -0.05) is 36.4 Å². The third kappa shape index (κ3) is 6.58. The Bertz CT molecular complexity index is 1660. The lowest BCUT2D eigenvalue weighted by Crippen LogP contribution is -2.57. The van der Waals surface area contributed by atoms with Gasteiger partial charge in [-0.3, -0.25) is 9.59 Å². The highest BCUT2D eigenvalue weighted by Crippen LogP contribution is 2.37. The minimum absolute atomic E-state index is 0.0291. The molecule has 43 heavy (non-hydrogen) atoms. The lowest BCUT2D eigenvalue weighted by molar-refractivity contribution is -0.143. The first-order valence-corrected chi connectivity index (χ1v) is 13.2. The number of amides is 2. The quantitative estimate of drug-likeness (QED) is 0.198. The van der Waals surface area contributed by atoms with E-state index >= 15 is 0 Å². The maximum Gasteiger partial charge on any atom is 0.416 e. The fraction of sp³-hybridized carbons (Fsp3) is 0.226. The number of halogens is 7. The van der Waals surface area contributed by atoms with Crippen LogP contribution in [0.25, 0.3) is 17.0 Å². The summed E-state index contributed by atoms with van der Waals surface area (Å²) in [6.07, 6.45) is -5.88. The highest BCUT2D eigenvalue weighted by molar-refractivity contribution is 5.96. The summed E-state index contributed by atoms with van der Waals surface area (Å²) in [4.78, 5) is 32.4. The monoisotopic (exact) mass is 603 g/mol. The van der Waals surface area contributed by atoms with Gasteiger partial charge < -0.3 is 14.8 Å².